The molecule has 0 bridgehead atoms. The molecule has 0 aliphatic carbocycles. The van der Waals surface area contributed by atoms with Crippen LogP contribution in [0.2, 0.25) is 0 Å². The van der Waals surface area contributed by atoms with E-state index >= 15 is 0 Å². The molecular weight excluding hydrogens is 238 g/mol. The number of imidazole rings is 1. The van der Waals surface area contributed by atoms with Crippen LogP contribution in [0.3, 0.4) is 0 Å². The zero-order valence-corrected chi connectivity index (χ0v) is 11.3. The molecule has 2 aromatic rings. The number of nitrogens with zero attached hydrogens (tertiary/aromatic N) is 2. The Hall–Kier alpha value is -1.97. The number of anilines is 1. The van der Waals surface area contributed by atoms with Gasteiger partial charge in [-0.25, -0.2) is 4.98 Å². The summed E-state index contributed by atoms with van der Waals surface area (Å²) < 4.78 is 7.90. The Kier molecular flexibility index (Phi) is 3.15. The molecule has 3 rings (SSSR count). The number of ether oxygens (including phenoxy) is 1. The van der Waals surface area contributed by atoms with E-state index in [0.29, 0.717) is 12.5 Å². The smallest absolute Gasteiger partial charge is 0.203 e. The van der Waals surface area contributed by atoms with Crippen molar-refractivity contribution in [1.82, 2.24) is 9.55 Å². The quantitative estimate of drug-likeness (QED) is 0.915. The molecule has 2 heterocycles. The monoisotopic (exact) mass is 257 g/mol. The molecule has 19 heavy (non-hydrogen) atoms. The summed E-state index contributed by atoms with van der Waals surface area (Å²) in [6.45, 7) is 5.97. The van der Waals surface area contributed by atoms with Gasteiger partial charge in [0.1, 0.15) is 12.4 Å². The van der Waals surface area contributed by atoms with Gasteiger partial charge in [0.15, 0.2) is 0 Å². The summed E-state index contributed by atoms with van der Waals surface area (Å²) in [4.78, 5) is 4.40. The molecule has 0 saturated carbocycles. The normalized spacial score (nSPS) is 17.3. The van der Waals surface area contributed by atoms with Gasteiger partial charge in [-0.3, -0.25) is 0 Å². The largest absolute Gasteiger partial charge is 0.491 e. The lowest BCUT2D eigenvalue weighted by Crippen LogP contribution is -2.17. The van der Waals surface area contributed by atoms with Crippen LogP contribution in [0.1, 0.15) is 25.5 Å². The highest BCUT2D eigenvalue weighted by molar-refractivity contribution is 5.42. The van der Waals surface area contributed by atoms with Crippen LogP contribution in [-0.2, 0) is 0 Å². The summed E-state index contributed by atoms with van der Waals surface area (Å²) in [5.41, 5.74) is 1.23. The van der Waals surface area contributed by atoms with Crippen molar-refractivity contribution >= 4 is 5.95 Å². The van der Waals surface area contributed by atoms with Crippen molar-refractivity contribution in [3.63, 3.8) is 0 Å². The Morgan fingerprint density at radius 2 is 2.26 bits per heavy atom. The Labute approximate surface area is 113 Å². The number of hydrogen-bond acceptors (Lipinski definition) is 3. The van der Waals surface area contributed by atoms with E-state index in [1.807, 2.05) is 24.5 Å². The van der Waals surface area contributed by atoms with Crippen molar-refractivity contribution < 1.29 is 4.74 Å². The Balaban J connectivity index is 1.86. The van der Waals surface area contributed by atoms with E-state index < -0.39 is 0 Å². The molecule has 0 amide bonds. The van der Waals surface area contributed by atoms with Gasteiger partial charge in [-0.2, -0.15) is 0 Å². The molecule has 1 aliphatic heterocycles. The molecule has 1 aliphatic rings. The maximum Gasteiger partial charge on any atom is 0.203 e. The first kappa shape index (κ1) is 12.1. The molecule has 0 saturated heterocycles. The molecule has 0 fully saturated rings. The number of fused-ring (bicyclic) bond motifs is 1. The van der Waals surface area contributed by atoms with E-state index in [4.69, 9.17) is 4.74 Å². The number of para-hydroxylation sites is 1. The summed E-state index contributed by atoms with van der Waals surface area (Å²) in [6, 6.07) is 8.42. The molecule has 0 spiro atoms. The van der Waals surface area contributed by atoms with Crippen molar-refractivity contribution in [2.75, 3.05) is 18.5 Å². The van der Waals surface area contributed by atoms with E-state index in [1.165, 1.54) is 5.56 Å². The first-order valence-corrected chi connectivity index (χ1v) is 6.74. The van der Waals surface area contributed by atoms with Gasteiger partial charge in [0.2, 0.25) is 5.95 Å². The zero-order valence-electron chi connectivity index (χ0n) is 11.3. The summed E-state index contributed by atoms with van der Waals surface area (Å²) in [7, 11) is 0. The van der Waals surface area contributed by atoms with Crippen LogP contribution in [0.25, 0.3) is 0 Å². The third-order valence-electron chi connectivity index (χ3n) is 3.35. The van der Waals surface area contributed by atoms with Crippen LogP contribution in [0.4, 0.5) is 5.95 Å². The van der Waals surface area contributed by atoms with Crippen molar-refractivity contribution in [2.45, 2.75) is 19.9 Å². The molecule has 1 unspecified atom stereocenters. The highest BCUT2D eigenvalue weighted by Crippen LogP contribution is 2.35. The molecular formula is C15H19N3O. The van der Waals surface area contributed by atoms with Crippen molar-refractivity contribution in [2.24, 2.45) is 5.92 Å². The van der Waals surface area contributed by atoms with Gasteiger partial charge < -0.3 is 14.6 Å². The summed E-state index contributed by atoms with van der Waals surface area (Å²) >= 11 is 0. The Morgan fingerprint density at radius 1 is 1.42 bits per heavy atom. The average molecular weight is 257 g/mol. The maximum absolute atomic E-state index is 5.74. The van der Waals surface area contributed by atoms with Gasteiger partial charge >= 0.3 is 0 Å². The number of nitrogens with one attached hydrogen (secondary N) is 1. The number of hydrogen-bond donors (Lipinski definition) is 1. The van der Waals surface area contributed by atoms with Crippen LogP contribution < -0.4 is 10.1 Å². The van der Waals surface area contributed by atoms with Crippen molar-refractivity contribution in [3.8, 4) is 5.75 Å². The molecule has 1 aromatic carbocycles. The van der Waals surface area contributed by atoms with Gasteiger partial charge in [-0.05, 0) is 12.0 Å². The molecule has 1 atom stereocenters. The lowest BCUT2D eigenvalue weighted by molar-refractivity contribution is 0.317. The molecule has 1 N–H and O–H groups in total. The second-order valence-corrected chi connectivity index (χ2v) is 5.30. The van der Waals surface area contributed by atoms with E-state index in [9.17, 15) is 0 Å². The lowest BCUT2D eigenvalue weighted by Gasteiger charge is -2.16. The third-order valence-corrected chi connectivity index (χ3v) is 3.35. The highest BCUT2D eigenvalue weighted by atomic mass is 16.5. The zero-order chi connectivity index (χ0) is 13.2. The lowest BCUT2D eigenvalue weighted by atomic mass is 10.1. The van der Waals surface area contributed by atoms with Crippen molar-refractivity contribution in [3.05, 3.63) is 42.2 Å². The summed E-state index contributed by atoms with van der Waals surface area (Å²) in [6.07, 6.45) is 3.85. The Morgan fingerprint density at radius 3 is 3.11 bits per heavy atom. The third kappa shape index (κ3) is 2.30. The maximum atomic E-state index is 5.74. The molecule has 4 nitrogen and oxygen atoms in total. The van der Waals surface area contributed by atoms with Crippen LogP contribution in [0, 0.1) is 5.92 Å². The SMILES string of the molecule is CC(C)CNc1nccn1C1COc2ccccc21. The van der Waals surface area contributed by atoms with Gasteiger partial charge in [-0.15, -0.1) is 0 Å². The molecule has 0 radical (unpaired) electrons. The Bertz CT molecular complexity index is 562. The van der Waals surface area contributed by atoms with E-state index in [1.54, 1.807) is 0 Å². The molecule has 100 valence electrons. The van der Waals surface area contributed by atoms with Gasteiger partial charge in [0, 0.05) is 24.5 Å². The van der Waals surface area contributed by atoms with Crippen LogP contribution in [0.15, 0.2) is 36.7 Å². The number of aromatic nitrogens is 2. The van der Waals surface area contributed by atoms with E-state index in [0.717, 1.165) is 18.2 Å². The van der Waals surface area contributed by atoms with Gasteiger partial charge in [0.05, 0.1) is 6.04 Å². The molecule has 1 aromatic heterocycles. The van der Waals surface area contributed by atoms with E-state index in [-0.39, 0.29) is 6.04 Å². The number of benzene rings is 1. The average Bonchev–Trinajstić information content (AvgIpc) is 3.02. The minimum atomic E-state index is 0.216. The summed E-state index contributed by atoms with van der Waals surface area (Å²) in [5.74, 6) is 2.49. The predicted molar refractivity (Wildman–Crippen MR) is 75.6 cm³/mol. The topological polar surface area (TPSA) is 39.1 Å². The predicted octanol–water partition coefficient (Wildman–Crippen LogP) is 2.93. The number of rotatable bonds is 4. The van der Waals surface area contributed by atoms with Crippen LogP contribution in [-0.4, -0.2) is 22.7 Å². The minimum Gasteiger partial charge on any atom is -0.491 e. The van der Waals surface area contributed by atoms with Crippen LogP contribution in [0.5, 0.6) is 5.75 Å². The highest BCUT2D eigenvalue weighted by Gasteiger charge is 2.26. The van der Waals surface area contributed by atoms with E-state index in [2.05, 4.69) is 40.8 Å². The fourth-order valence-electron chi connectivity index (χ4n) is 2.37. The minimum absolute atomic E-state index is 0.216. The van der Waals surface area contributed by atoms with Crippen molar-refractivity contribution in [1.29, 1.82) is 0 Å². The van der Waals surface area contributed by atoms with Gasteiger partial charge in [0.25, 0.3) is 0 Å². The fourth-order valence-corrected chi connectivity index (χ4v) is 2.37. The first-order chi connectivity index (χ1) is 9.25. The summed E-state index contributed by atoms with van der Waals surface area (Å²) in [5, 5.41) is 3.40. The second-order valence-electron chi connectivity index (χ2n) is 5.30. The molecule has 4 heteroatoms. The van der Waals surface area contributed by atoms with Gasteiger partial charge in [-0.1, -0.05) is 32.0 Å². The standard InChI is InChI=1S/C15H19N3O/c1-11(2)9-17-15-16-7-8-18(15)13-10-19-14-6-4-3-5-12(13)14/h3-8,11,13H,9-10H2,1-2H3,(H,16,17). The fraction of sp³-hybridized carbons (Fsp3) is 0.400. The first-order valence-electron chi connectivity index (χ1n) is 6.74. The second kappa shape index (κ2) is 4.96. The van der Waals surface area contributed by atoms with Crippen LogP contribution >= 0.6 is 0 Å².